The van der Waals surface area contributed by atoms with E-state index in [1.807, 2.05) is 0 Å². The van der Waals surface area contributed by atoms with Crippen molar-refractivity contribution in [2.75, 3.05) is 6.61 Å². The first-order valence-electron chi connectivity index (χ1n) is 7.37. The van der Waals surface area contributed by atoms with Crippen molar-refractivity contribution in [1.29, 1.82) is 0 Å². The van der Waals surface area contributed by atoms with Gasteiger partial charge in [-0.05, 0) is 12.8 Å². The normalized spacial score (nSPS) is 12.9. The lowest BCUT2D eigenvalue weighted by Crippen LogP contribution is -2.39. The second-order valence-electron chi connectivity index (χ2n) is 5.51. The van der Waals surface area contributed by atoms with Gasteiger partial charge in [0.2, 0.25) is 0 Å². The number of unbranched alkanes of at least 4 members (excludes halogenated alkanes) is 2. The van der Waals surface area contributed by atoms with E-state index in [2.05, 4.69) is 4.98 Å². The van der Waals surface area contributed by atoms with Crippen molar-refractivity contribution < 1.29 is 10.2 Å². The van der Waals surface area contributed by atoms with Crippen LogP contribution in [0.2, 0.25) is 0 Å². The quantitative estimate of drug-likeness (QED) is 0.662. The fourth-order valence-electron chi connectivity index (χ4n) is 2.51. The highest BCUT2D eigenvalue weighted by atomic mass is 16.3. The molecule has 8 nitrogen and oxygen atoms in total. The molecule has 1 atom stereocenters. The molecule has 0 aliphatic heterocycles. The second kappa shape index (κ2) is 6.89. The topological polar surface area (TPSA) is 102 Å². The van der Waals surface area contributed by atoms with Crippen LogP contribution in [0.25, 0.3) is 11.2 Å². The molecule has 1 unspecified atom stereocenters. The van der Waals surface area contributed by atoms with Crippen LogP contribution in [0.4, 0.5) is 0 Å². The molecule has 8 heteroatoms. The van der Waals surface area contributed by atoms with Gasteiger partial charge in [0.15, 0.2) is 11.2 Å². The first-order valence-corrected chi connectivity index (χ1v) is 7.37. The SMILES string of the molecule is Cn1cnc2c1c(=O)n(CCCCCC(O)CO)c(=O)n2C. The minimum atomic E-state index is -0.693. The highest BCUT2D eigenvalue weighted by Gasteiger charge is 2.14. The van der Waals surface area contributed by atoms with Gasteiger partial charge in [0.25, 0.3) is 5.56 Å². The van der Waals surface area contributed by atoms with E-state index in [0.29, 0.717) is 30.6 Å². The third-order valence-corrected chi connectivity index (χ3v) is 3.83. The molecule has 0 radical (unpaired) electrons. The summed E-state index contributed by atoms with van der Waals surface area (Å²) in [6.45, 7) is 0.0962. The highest BCUT2D eigenvalue weighted by Crippen LogP contribution is 2.06. The Morgan fingerprint density at radius 3 is 2.64 bits per heavy atom. The van der Waals surface area contributed by atoms with Gasteiger partial charge in [-0.3, -0.25) is 13.9 Å². The van der Waals surface area contributed by atoms with Crippen molar-refractivity contribution in [3.05, 3.63) is 27.2 Å². The summed E-state index contributed by atoms with van der Waals surface area (Å²) < 4.78 is 4.23. The number of aryl methyl sites for hydroxylation is 2. The zero-order valence-electron chi connectivity index (χ0n) is 12.9. The Morgan fingerprint density at radius 1 is 1.23 bits per heavy atom. The molecule has 0 aliphatic carbocycles. The van der Waals surface area contributed by atoms with E-state index >= 15 is 0 Å². The molecule has 122 valence electrons. The predicted octanol–water partition coefficient (Wildman–Crippen LogP) is -0.653. The molecule has 2 rings (SSSR count). The van der Waals surface area contributed by atoms with Crippen LogP contribution in [-0.2, 0) is 20.6 Å². The molecule has 0 aromatic carbocycles. The molecule has 0 aliphatic rings. The number of fused-ring (bicyclic) bond motifs is 1. The van der Waals surface area contributed by atoms with Crippen LogP contribution in [0, 0.1) is 0 Å². The van der Waals surface area contributed by atoms with E-state index in [1.54, 1.807) is 18.7 Å². The summed E-state index contributed by atoms with van der Waals surface area (Å²) in [6.07, 6.45) is 3.52. The van der Waals surface area contributed by atoms with Gasteiger partial charge in [0.05, 0.1) is 19.0 Å². The zero-order valence-corrected chi connectivity index (χ0v) is 12.9. The third kappa shape index (κ3) is 3.12. The molecule has 0 saturated carbocycles. The number of rotatable bonds is 7. The Balaban J connectivity index is 2.13. The summed E-state index contributed by atoms with van der Waals surface area (Å²) in [5, 5.41) is 18.0. The lowest BCUT2D eigenvalue weighted by Gasteiger charge is -2.09. The van der Waals surface area contributed by atoms with Gasteiger partial charge in [0, 0.05) is 20.6 Å². The van der Waals surface area contributed by atoms with Crippen molar-refractivity contribution in [2.45, 2.75) is 38.3 Å². The lowest BCUT2D eigenvalue weighted by atomic mass is 10.1. The van der Waals surface area contributed by atoms with E-state index in [4.69, 9.17) is 5.11 Å². The molecule has 2 N–H and O–H groups in total. The van der Waals surface area contributed by atoms with Crippen molar-refractivity contribution in [3.63, 3.8) is 0 Å². The van der Waals surface area contributed by atoms with E-state index in [0.717, 1.165) is 12.8 Å². The number of hydrogen-bond donors (Lipinski definition) is 2. The van der Waals surface area contributed by atoms with Gasteiger partial charge >= 0.3 is 5.69 Å². The van der Waals surface area contributed by atoms with Gasteiger partial charge in [0.1, 0.15) is 0 Å². The number of nitrogens with zero attached hydrogens (tertiary/aromatic N) is 4. The molecule has 0 fully saturated rings. The number of imidazole rings is 1. The summed E-state index contributed by atoms with van der Waals surface area (Å²) in [7, 11) is 3.33. The maximum absolute atomic E-state index is 12.4. The minimum Gasteiger partial charge on any atom is -0.394 e. The molecule has 0 spiro atoms. The molecular formula is C14H22N4O4. The van der Waals surface area contributed by atoms with Crippen LogP contribution in [0.1, 0.15) is 25.7 Å². The van der Waals surface area contributed by atoms with Crippen LogP contribution in [-0.4, -0.2) is 41.6 Å². The lowest BCUT2D eigenvalue weighted by molar-refractivity contribution is 0.0859. The van der Waals surface area contributed by atoms with Crippen LogP contribution in [0.3, 0.4) is 0 Å². The Labute approximate surface area is 127 Å². The average Bonchev–Trinajstić information content (AvgIpc) is 2.89. The highest BCUT2D eigenvalue weighted by molar-refractivity contribution is 5.69. The first kappa shape index (κ1) is 16.4. The van der Waals surface area contributed by atoms with E-state index in [9.17, 15) is 14.7 Å². The van der Waals surface area contributed by atoms with Crippen LogP contribution in [0.5, 0.6) is 0 Å². The van der Waals surface area contributed by atoms with Gasteiger partial charge in [-0.25, -0.2) is 9.78 Å². The number of aliphatic hydroxyl groups is 2. The van der Waals surface area contributed by atoms with E-state index < -0.39 is 6.10 Å². The van der Waals surface area contributed by atoms with Gasteiger partial charge in [-0.2, -0.15) is 0 Å². The molecule has 2 heterocycles. The van der Waals surface area contributed by atoms with Crippen molar-refractivity contribution >= 4 is 11.2 Å². The van der Waals surface area contributed by atoms with Crippen LogP contribution >= 0.6 is 0 Å². The van der Waals surface area contributed by atoms with Gasteiger partial charge in [-0.1, -0.05) is 12.8 Å². The Morgan fingerprint density at radius 2 is 1.95 bits per heavy atom. The summed E-state index contributed by atoms with van der Waals surface area (Å²) in [5.41, 5.74) is 0.109. The number of aromatic nitrogens is 4. The predicted molar refractivity (Wildman–Crippen MR) is 81.8 cm³/mol. The largest absolute Gasteiger partial charge is 0.394 e. The van der Waals surface area contributed by atoms with Crippen molar-refractivity contribution in [3.8, 4) is 0 Å². The maximum Gasteiger partial charge on any atom is 0.332 e. The fraction of sp³-hybridized carbons (Fsp3) is 0.643. The second-order valence-corrected chi connectivity index (χ2v) is 5.51. The number of aliphatic hydroxyl groups excluding tert-OH is 2. The number of hydrogen-bond acceptors (Lipinski definition) is 5. The Kier molecular flexibility index (Phi) is 5.15. The average molecular weight is 310 g/mol. The standard InChI is InChI=1S/C14H22N4O4/c1-16-9-15-12-11(16)13(21)18(14(22)17(12)2)7-5-3-4-6-10(20)8-19/h9-10,19-20H,3-8H2,1-2H3. The minimum absolute atomic E-state index is 0.239. The summed E-state index contributed by atoms with van der Waals surface area (Å²) >= 11 is 0. The van der Waals surface area contributed by atoms with Crippen molar-refractivity contribution in [2.24, 2.45) is 14.1 Å². The summed E-state index contributed by atoms with van der Waals surface area (Å²) in [5.74, 6) is 0. The summed E-state index contributed by atoms with van der Waals surface area (Å²) in [4.78, 5) is 28.7. The zero-order chi connectivity index (χ0) is 16.3. The first-order chi connectivity index (χ1) is 10.5. The summed E-state index contributed by atoms with van der Waals surface area (Å²) in [6, 6.07) is 0. The van der Waals surface area contributed by atoms with Crippen LogP contribution < -0.4 is 11.2 Å². The monoisotopic (exact) mass is 310 g/mol. The van der Waals surface area contributed by atoms with Gasteiger partial charge < -0.3 is 14.8 Å². The molecule has 0 amide bonds. The molecule has 0 saturated heterocycles. The van der Waals surface area contributed by atoms with Crippen LogP contribution in [0.15, 0.2) is 15.9 Å². The molecular weight excluding hydrogens is 288 g/mol. The molecule has 2 aromatic rings. The fourth-order valence-corrected chi connectivity index (χ4v) is 2.51. The third-order valence-electron chi connectivity index (χ3n) is 3.83. The van der Waals surface area contributed by atoms with Crippen molar-refractivity contribution in [1.82, 2.24) is 18.7 Å². The molecule has 22 heavy (non-hydrogen) atoms. The Hall–Kier alpha value is -1.93. The van der Waals surface area contributed by atoms with Gasteiger partial charge in [-0.15, -0.1) is 0 Å². The maximum atomic E-state index is 12.4. The molecule has 0 bridgehead atoms. The van der Waals surface area contributed by atoms with E-state index in [1.165, 1.54) is 15.5 Å². The molecule has 2 aromatic heterocycles. The Bertz CT molecular complexity index is 759. The smallest absolute Gasteiger partial charge is 0.332 e. The van der Waals surface area contributed by atoms with E-state index in [-0.39, 0.29) is 17.9 Å².